The number of hydrogen-bond acceptors (Lipinski definition) is 5. The quantitative estimate of drug-likeness (QED) is 0.496. The summed E-state index contributed by atoms with van der Waals surface area (Å²) in [6, 6.07) is 19.0. The normalized spacial score (nSPS) is 12.6. The number of rotatable bonds is 5. The first-order valence-corrected chi connectivity index (χ1v) is 10.6. The van der Waals surface area contributed by atoms with Gasteiger partial charge in [-0.05, 0) is 35.2 Å². The SMILES string of the molecule is O=C1COc2ccc(NC(=O)c3cn(Cc4ccccc4)nc3-c3cccs3)cc2N1. The van der Waals surface area contributed by atoms with Crippen LogP contribution in [0.3, 0.4) is 0 Å². The maximum Gasteiger partial charge on any atom is 0.262 e. The fraction of sp³-hybridized carbons (Fsp3) is 0.0870. The van der Waals surface area contributed by atoms with Gasteiger partial charge in [-0.15, -0.1) is 11.3 Å². The largest absolute Gasteiger partial charge is 0.482 e. The minimum Gasteiger partial charge on any atom is -0.482 e. The molecule has 0 aliphatic carbocycles. The predicted octanol–water partition coefficient (Wildman–Crippen LogP) is 4.24. The molecule has 0 saturated carbocycles. The third-order valence-electron chi connectivity index (χ3n) is 4.82. The van der Waals surface area contributed by atoms with E-state index in [9.17, 15) is 9.59 Å². The zero-order valence-corrected chi connectivity index (χ0v) is 17.2. The summed E-state index contributed by atoms with van der Waals surface area (Å²) in [5.74, 6) is 0.0800. The van der Waals surface area contributed by atoms with Crippen molar-refractivity contribution in [1.82, 2.24) is 9.78 Å². The van der Waals surface area contributed by atoms with Gasteiger partial charge in [0.1, 0.15) is 11.4 Å². The first kappa shape index (κ1) is 19.1. The molecule has 3 heterocycles. The molecule has 4 aromatic rings. The van der Waals surface area contributed by atoms with Gasteiger partial charge < -0.3 is 15.4 Å². The maximum atomic E-state index is 13.1. The van der Waals surface area contributed by atoms with Gasteiger partial charge in [-0.3, -0.25) is 14.3 Å². The highest BCUT2D eigenvalue weighted by Gasteiger charge is 2.21. The lowest BCUT2D eigenvalue weighted by atomic mass is 10.2. The Morgan fingerprint density at radius 3 is 2.84 bits per heavy atom. The van der Waals surface area contributed by atoms with Crippen molar-refractivity contribution < 1.29 is 14.3 Å². The average molecular weight is 430 g/mol. The molecule has 2 N–H and O–H groups in total. The van der Waals surface area contributed by atoms with Gasteiger partial charge in [-0.25, -0.2) is 0 Å². The van der Waals surface area contributed by atoms with E-state index < -0.39 is 0 Å². The van der Waals surface area contributed by atoms with Crippen molar-refractivity contribution in [3.63, 3.8) is 0 Å². The van der Waals surface area contributed by atoms with Gasteiger partial charge >= 0.3 is 0 Å². The molecule has 0 atom stereocenters. The van der Waals surface area contributed by atoms with Crippen LogP contribution in [-0.2, 0) is 11.3 Å². The predicted molar refractivity (Wildman–Crippen MR) is 120 cm³/mol. The van der Waals surface area contributed by atoms with Crippen molar-refractivity contribution in [1.29, 1.82) is 0 Å². The Kier molecular flexibility index (Phi) is 4.97. The Hall–Kier alpha value is -3.91. The number of benzene rings is 2. The highest BCUT2D eigenvalue weighted by atomic mass is 32.1. The molecule has 0 unspecified atom stereocenters. The molecule has 2 aromatic heterocycles. The number of thiophene rings is 1. The first-order chi connectivity index (χ1) is 15.2. The third kappa shape index (κ3) is 4.06. The van der Waals surface area contributed by atoms with Crippen LogP contribution in [0.15, 0.2) is 72.2 Å². The van der Waals surface area contributed by atoms with Crippen LogP contribution in [0, 0.1) is 0 Å². The van der Waals surface area contributed by atoms with Gasteiger partial charge in [-0.1, -0.05) is 36.4 Å². The summed E-state index contributed by atoms with van der Waals surface area (Å²) in [5.41, 5.74) is 3.31. The summed E-state index contributed by atoms with van der Waals surface area (Å²) >= 11 is 1.53. The second kappa shape index (κ2) is 8.08. The Morgan fingerprint density at radius 2 is 2.03 bits per heavy atom. The van der Waals surface area contributed by atoms with E-state index in [1.54, 1.807) is 29.1 Å². The summed E-state index contributed by atoms with van der Waals surface area (Å²) < 4.78 is 7.15. The Labute approximate surface area is 182 Å². The Morgan fingerprint density at radius 1 is 1.16 bits per heavy atom. The van der Waals surface area contributed by atoms with E-state index in [0.29, 0.717) is 34.9 Å². The van der Waals surface area contributed by atoms with Crippen molar-refractivity contribution in [2.75, 3.05) is 17.2 Å². The van der Waals surface area contributed by atoms with E-state index in [2.05, 4.69) is 15.7 Å². The molecule has 8 heteroatoms. The number of anilines is 2. The minimum absolute atomic E-state index is 0.0104. The molecule has 1 aliphatic rings. The van der Waals surface area contributed by atoms with Gasteiger partial charge in [0, 0.05) is 11.9 Å². The standard InChI is InChI=1S/C23H18N4O3S/c28-21-14-30-19-9-8-16(11-18(19)25-21)24-23(29)17-13-27(12-15-5-2-1-3-6-15)26-22(17)20-7-4-10-31-20/h1-11,13H,12,14H2,(H,24,29)(H,25,28). The molecule has 1 aliphatic heterocycles. The summed E-state index contributed by atoms with van der Waals surface area (Å²) in [4.78, 5) is 25.6. The number of hydrogen-bond donors (Lipinski definition) is 2. The number of ether oxygens (including phenoxy) is 1. The average Bonchev–Trinajstić information content (AvgIpc) is 3.44. The molecule has 2 amide bonds. The molecule has 31 heavy (non-hydrogen) atoms. The number of nitrogens with zero attached hydrogens (tertiary/aromatic N) is 2. The van der Waals surface area contributed by atoms with Gasteiger partial charge in [0.05, 0.1) is 22.7 Å². The Balaban J connectivity index is 1.44. The number of carbonyl (C=O) groups excluding carboxylic acids is 2. The monoisotopic (exact) mass is 430 g/mol. The van der Waals surface area contributed by atoms with Crippen LogP contribution in [0.2, 0.25) is 0 Å². The molecule has 2 aromatic carbocycles. The molecule has 0 radical (unpaired) electrons. The highest BCUT2D eigenvalue weighted by molar-refractivity contribution is 7.13. The van der Waals surface area contributed by atoms with Crippen LogP contribution in [0.1, 0.15) is 15.9 Å². The highest BCUT2D eigenvalue weighted by Crippen LogP contribution is 2.32. The summed E-state index contributed by atoms with van der Waals surface area (Å²) in [7, 11) is 0. The number of nitrogens with one attached hydrogen (secondary N) is 2. The maximum absolute atomic E-state index is 13.1. The molecule has 7 nitrogen and oxygen atoms in total. The van der Waals surface area contributed by atoms with Crippen LogP contribution in [0.4, 0.5) is 11.4 Å². The van der Waals surface area contributed by atoms with Crippen LogP contribution in [-0.4, -0.2) is 28.2 Å². The van der Waals surface area contributed by atoms with E-state index in [-0.39, 0.29) is 18.4 Å². The van der Waals surface area contributed by atoms with Gasteiger partial charge in [-0.2, -0.15) is 5.10 Å². The van der Waals surface area contributed by atoms with E-state index in [4.69, 9.17) is 4.74 Å². The molecule has 0 saturated heterocycles. The molecule has 0 spiro atoms. The molecule has 5 rings (SSSR count). The first-order valence-electron chi connectivity index (χ1n) is 9.69. The van der Waals surface area contributed by atoms with Crippen molar-refractivity contribution in [2.45, 2.75) is 6.54 Å². The van der Waals surface area contributed by atoms with Crippen LogP contribution < -0.4 is 15.4 Å². The number of amides is 2. The lowest BCUT2D eigenvalue weighted by Gasteiger charge is -2.18. The second-order valence-corrected chi connectivity index (χ2v) is 8.00. The van der Waals surface area contributed by atoms with E-state index >= 15 is 0 Å². The lowest BCUT2D eigenvalue weighted by Crippen LogP contribution is -2.25. The van der Waals surface area contributed by atoms with Gasteiger partial charge in [0.15, 0.2) is 6.61 Å². The zero-order valence-electron chi connectivity index (χ0n) is 16.4. The lowest BCUT2D eigenvalue weighted by molar-refractivity contribution is -0.118. The number of aromatic nitrogens is 2. The van der Waals surface area contributed by atoms with E-state index in [1.807, 2.05) is 47.8 Å². The van der Waals surface area contributed by atoms with E-state index in [1.165, 1.54) is 11.3 Å². The van der Waals surface area contributed by atoms with Gasteiger partial charge in [0.25, 0.3) is 11.8 Å². The molecular weight excluding hydrogens is 412 g/mol. The summed E-state index contributed by atoms with van der Waals surface area (Å²) in [5, 5.41) is 12.3. The fourth-order valence-electron chi connectivity index (χ4n) is 3.39. The smallest absolute Gasteiger partial charge is 0.262 e. The number of fused-ring (bicyclic) bond motifs is 1. The molecule has 0 fully saturated rings. The zero-order chi connectivity index (χ0) is 21.2. The fourth-order valence-corrected chi connectivity index (χ4v) is 4.12. The molecular formula is C23H18N4O3S. The Bertz CT molecular complexity index is 1250. The van der Waals surface area contributed by atoms with Crippen LogP contribution >= 0.6 is 11.3 Å². The van der Waals surface area contributed by atoms with Crippen LogP contribution in [0.25, 0.3) is 10.6 Å². The van der Waals surface area contributed by atoms with Crippen molar-refractivity contribution >= 4 is 34.5 Å². The minimum atomic E-state index is -0.272. The summed E-state index contributed by atoms with van der Waals surface area (Å²) in [6.07, 6.45) is 1.76. The molecule has 154 valence electrons. The topological polar surface area (TPSA) is 85.2 Å². The van der Waals surface area contributed by atoms with Crippen molar-refractivity contribution in [2.24, 2.45) is 0 Å². The van der Waals surface area contributed by atoms with E-state index in [0.717, 1.165) is 10.4 Å². The van der Waals surface area contributed by atoms with Crippen LogP contribution in [0.5, 0.6) is 5.75 Å². The molecule has 0 bridgehead atoms. The van der Waals surface area contributed by atoms with Crippen molar-refractivity contribution in [3.8, 4) is 16.3 Å². The second-order valence-electron chi connectivity index (χ2n) is 7.05. The van der Waals surface area contributed by atoms with Crippen molar-refractivity contribution in [3.05, 3.63) is 83.4 Å². The van der Waals surface area contributed by atoms with Gasteiger partial charge in [0.2, 0.25) is 0 Å². The summed E-state index contributed by atoms with van der Waals surface area (Å²) in [6.45, 7) is 0.554. The number of carbonyl (C=O) groups is 2. The third-order valence-corrected chi connectivity index (χ3v) is 5.70.